The van der Waals surface area contributed by atoms with E-state index in [1.54, 1.807) is 23.1 Å². The third-order valence-electron chi connectivity index (χ3n) is 4.36. The summed E-state index contributed by atoms with van der Waals surface area (Å²) in [6.45, 7) is 5.90. The third-order valence-corrected chi connectivity index (χ3v) is 6.19. The molecule has 3 aromatic heterocycles. The summed E-state index contributed by atoms with van der Waals surface area (Å²) in [5.41, 5.74) is 2.26. The van der Waals surface area contributed by atoms with E-state index < -0.39 is 0 Å². The van der Waals surface area contributed by atoms with Crippen molar-refractivity contribution in [3.8, 4) is 10.8 Å². The van der Waals surface area contributed by atoms with Crippen LogP contribution >= 0.6 is 23.1 Å². The molecular weight excluding hydrogens is 356 g/mol. The van der Waals surface area contributed by atoms with E-state index in [9.17, 15) is 0 Å². The predicted molar refractivity (Wildman–Crippen MR) is 97.8 cm³/mol. The minimum atomic E-state index is 0.294. The van der Waals surface area contributed by atoms with Crippen molar-refractivity contribution in [2.75, 3.05) is 6.61 Å². The maximum atomic E-state index is 5.79. The number of aromatic nitrogens is 4. The van der Waals surface area contributed by atoms with Crippen LogP contribution < -0.4 is 0 Å². The van der Waals surface area contributed by atoms with Crippen LogP contribution in [0.25, 0.3) is 10.8 Å². The number of ether oxygens (including phenoxy) is 1. The first kappa shape index (κ1) is 16.8. The van der Waals surface area contributed by atoms with E-state index in [0.29, 0.717) is 23.6 Å². The van der Waals surface area contributed by atoms with Gasteiger partial charge in [-0.15, -0.1) is 11.3 Å². The summed E-state index contributed by atoms with van der Waals surface area (Å²) in [4.78, 5) is 10.2. The number of rotatable bonds is 6. The molecule has 8 heteroatoms. The average Bonchev–Trinajstić information content (AvgIpc) is 3.38. The van der Waals surface area contributed by atoms with Crippen LogP contribution in [-0.4, -0.2) is 32.4 Å². The molecule has 1 aliphatic rings. The van der Waals surface area contributed by atoms with Crippen molar-refractivity contribution in [2.24, 2.45) is 0 Å². The lowest BCUT2D eigenvalue weighted by Crippen LogP contribution is -2.16. The monoisotopic (exact) mass is 376 g/mol. The van der Waals surface area contributed by atoms with Crippen LogP contribution in [0.3, 0.4) is 0 Å². The van der Waals surface area contributed by atoms with Crippen LogP contribution in [0.5, 0.6) is 0 Å². The zero-order valence-electron chi connectivity index (χ0n) is 14.3. The third kappa shape index (κ3) is 3.65. The van der Waals surface area contributed by atoms with Crippen LogP contribution in [-0.2, 0) is 17.0 Å². The van der Waals surface area contributed by atoms with Crippen molar-refractivity contribution in [2.45, 2.75) is 50.2 Å². The maximum absolute atomic E-state index is 5.79. The highest BCUT2D eigenvalue weighted by atomic mass is 32.2. The number of hydrogen-bond acceptors (Lipinski definition) is 7. The molecule has 0 aliphatic carbocycles. The lowest BCUT2D eigenvalue weighted by atomic mass is 10.2. The van der Waals surface area contributed by atoms with E-state index in [0.717, 1.165) is 41.7 Å². The topological polar surface area (TPSA) is 66.0 Å². The van der Waals surface area contributed by atoms with Crippen molar-refractivity contribution in [3.63, 3.8) is 0 Å². The Morgan fingerprint density at radius 3 is 3.04 bits per heavy atom. The van der Waals surface area contributed by atoms with Crippen LogP contribution in [0.1, 0.15) is 30.1 Å². The molecule has 0 radical (unpaired) electrons. The summed E-state index contributed by atoms with van der Waals surface area (Å²) < 4.78 is 13.4. The number of hydrogen-bond donors (Lipinski definition) is 0. The molecule has 1 atom stereocenters. The standard InChI is InChI=1S/C17H20N4O2S2/c1-11-12(2)21(9-13-5-3-7-22-13)17(18-11)25-10-15-19-16(23-20-15)14-6-4-8-24-14/h4,6,8,13H,3,5,7,9-10H2,1-2H3. The predicted octanol–water partition coefficient (Wildman–Crippen LogP) is 4.08. The second kappa shape index (κ2) is 7.31. The zero-order valence-corrected chi connectivity index (χ0v) is 15.9. The van der Waals surface area contributed by atoms with Crippen molar-refractivity contribution in [1.82, 2.24) is 19.7 Å². The van der Waals surface area contributed by atoms with Gasteiger partial charge in [-0.2, -0.15) is 4.98 Å². The van der Waals surface area contributed by atoms with E-state index in [4.69, 9.17) is 14.2 Å². The Labute approximate surface area is 154 Å². The Morgan fingerprint density at radius 2 is 2.28 bits per heavy atom. The molecule has 4 rings (SSSR count). The summed E-state index contributed by atoms with van der Waals surface area (Å²) >= 11 is 3.24. The van der Waals surface area contributed by atoms with Crippen LogP contribution in [0.2, 0.25) is 0 Å². The second-order valence-corrected chi connectivity index (χ2v) is 7.98. The molecule has 1 fully saturated rings. The van der Waals surface area contributed by atoms with Gasteiger partial charge in [-0.3, -0.25) is 0 Å². The molecule has 1 unspecified atom stereocenters. The largest absolute Gasteiger partial charge is 0.376 e. The van der Waals surface area contributed by atoms with Gasteiger partial charge >= 0.3 is 0 Å². The summed E-state index contributed by atoms with van der Waals surface area (Å²) in [6.07, 6.45) is 2.56. The van der Waals surface area contributed by atoms with Gasteiger partial charge in [-0.05, 0) is 38.1 Å². The Balaban J connectivity index is 1.46. The van der Waals surface area contributed by atoms with Gasteiger partial charge in [0.15, 0.2) is 11.0 Å². The van der Waals surface area contributed by atoms with E-state index >= 15 is 0 Å². The molecule has 25 heavy (non-hydrogen) atoms. The Morgan fingerprint density at radius 1 is 1.36 bits per heavy atom. The fourth-order valence-corrected chi connectivity index (χ4v) is 4.47. The van der Waals surface area contributed by atoms with Crippen molar-refractivity contribution < 1.29 is 9.26 Å². The summed E-state index contributed by atoms with van der Waals surface area (Å²) in [7, 11) is 0. The highest BCUT2D eigenvalue weighted by molar-refractivity contribution is 7.98. The molecule has 132 valence electrons. The molecule has 1 aliphatic heterocycles. The van der Waals surface area contributed by atoms with Crippen LogP contribution in [0.4, 0.5) is 0 Å². The SMILES string of the molecule is Cc1nc(SCc2noc(-c3cccs3)n2)n(CC2CCCO2)c1C. The normalized spacial score (nSPS) is 17.4. The quantitative estimate of drug-likeness (QED) is 0.604. The van der Waals surface area contributed by atoms with Gasteiger partial charge in [-0.1, -0.05) is 23.0 Å². The first-order valence-electron chi connectivity index (χ1n) is 8.35. The van der Waals surface area contributed by atoms with Crippen molar-refractivity contribution >= 4 is 23.1 Å². The minimum Gasteiger partial charge on any atom is -0.376 e. The van der Waals surface area contributed by atoms with Gasteiger partial charge in [0.1, 0.15) is 0 Å². The average molecular weight is 377 g/mol. The zero-order chi connectivity index (χ0) is 17.2. The van der Waals surface area contributed by atoms with Crippen LogP contribution in [0, 0.1) is 13.8 Å². The number of imidazole rings is 1. The van der Waals surface area contributed by atoms with Gasteiger partial charge in [0.2, 0.25) is 0 Å². The van der Waals surface area contributed by atoms with E-state index in [-0.39, 0.29) is 0 Å². The molecule has 0 saturated carbocycles. The van der Waals surface area contributed by atoms with E-state index in [2.05, 4.69) is 28.6 Å². The Hall–Kier alpha value is -1.64. The lowest BCUT2D eigenvalue weighted by Gasteiger charge is -2.14. The molecule has 1 saturated heterocycles. The van der Waals surface area contributed by atoms with Gasteiger partial charge in [-0.25, -0.2) is 4.98 Å². The number of nitrogens with zero attached hydrogens (tertiary/aromatic N) is 4. The van der Waals surface area contributed by atoms with Gasteiger partial charge in [0, 0.05) is 12.3 Å². The molecule has 0 N–H and O–H groups in total. The lowest BCUT2D eigenvalue weighted by molar-refractivity contribution is 0.0945. The van der Waals surface area contributed by atoms with Crippen molar-refractivity contribution in [3.05, 3.63) is 34.7 Å². The van der Waals surface area contributed by atoms with E-state index in [1.165, 1.54) is 5.69 Å². The van der Waals surface area contributed by atoms with Gasteiger partial charge < -0.3 is 13.8 Å². The highest BCUT2D eigenvalue weighted by Crippen LogP contribution is 2.28. The number of thiophene rings is 1. The first-order valence-corrected chi connectivity index (χ1v) is 10.2. The van der Waals surface area contributed by atoms with Gasteiger partial charge in [0.05, 0.1) is 29.0 Å². The summed E-state index contributed by atoms with van der Waals surface area (Å²) in [6, 6.07) is 3.96. The molecule has 4 heterocycles. The molecule has 3 aromatic rings. The minimum absolute atomic E-state index is 0.294. The number of aryl methyl sites for hydroxylation is 1. The second-order valence-electron chi connectivity index (χ2n) is 6.09. The molecule has 0 bridgehead atoms. The molecule has 0 amide bonds. The number of thioether (sulfide) groups is 1. The summed E-state index contributed by atoms with van der Waals surface area (Å²) in [5.74, 6) is 1.91. The van der Waals surface area contributed by atoms with Crippen LogP contribution in [0.15, 0.2) is 27.2 Å². The van der Waals surface area contributed by atoms with Crippen molar-refractivity contribution in [1.29, 1.82) is 0 Å². The molecule has 6 nitrogen and oxygen atoms in total. The summed E-state index contributed by atoms with van der Waals surface area (Å²) in [5, 5.41) is 7.08. The van der Waals surface area contributed by atoms with E-state index in [1.807, 2.05) is 17.5 Å². The fourth-order valence-electron chi connectivity index (χ4n) is 2.88. The first-order chi connectivity index (χ1) is 12.2. The highest BCUT2D eigenvalue weighted by Gasteiger charge is 2.21. The van der Waals surface area contributed by atoms with Gasteiger partial charge in [0.25, 0.3) is 5.89 Å². The Bertz CT molecular complexity index is 835. The molecular formula is C17H20N4O2S2. The maximum Gasteiger partial charge on any atom is 0.268 e. The smallest absolute Gasteiger partial charge is 0.268 e. The molecule has 0 aromatic carbocycles. The molecule has 0 spiro atoms. The Kier molecular flexibility index (Phi) is 4.91. The fraction of sp³-hybridized carbons (Fsp3) is 0.471.